The third-order valence-corrected chi connectivity index (χ3v) is 12.8. The molecule has 0 unspecified atom stereocenters. The third kappa shape index (κ3) is 18.5. The van der Waals surface area contributed by atoms with Crippen LogP contribution in [0.1, 0.15) is 96.6 Å². The number of carbonyl (C=O) groups is 15. The van der Waals surface area contributed by atoms with Crippen molar-refractivity contribution < 1.29 is 92.3 Å². The fourth-order valence-electron chi connectivity index (χ4n) is 8.87. The molecule has 32 nitrogen and oxygen atoms in total. The Bertz CT molecular complexity index is 2470. The van der Waals surface area contributed by atoms with Gasteiger partial charge in [0.05, 0.1) is 25.7 Å². The van der Waals surface area contributed by atoms with Gasteiger partial charge >= 0.3 is 23.9 Å². The number of amides is 11. The van der Waals surface area contributed by atoms with Crippen molar-refractivity contribution in [2.45, 2.75) is 152 Å². The summed E-state index contributed by atoms with van der Waals surface area (Å²) in [5.74, 6) is -18.9. The maximum atomic E-state index is 14.5. The van der Waals surface area contributed by atoms with Gasteiger partial charge in [-0.05, 0) is 50.9 Å². The number of H-pyrrole nitrogens is 1. The fourth-order valence-corrected chi connectivity index (χ4v) is 8.87. The van der Waals surface area contributed by atoms with Crippen LogP contribution in [0, 0.1) is 5.92 Å². The molecule has 0 aliphatic carbocycles. The average Bonchev–Trinajstić information content (AvgIpc) is 4.19. The normalized spacial score (nSPS) is 25.9. The van der Waals surface area contributed by atoms with Gasteiger partial charge in [-0.1, -0.05) is 13.8 Å². The van der Waals surface area contributed by atoms with E-state index in [0.29, 0.717) is 0 Å². The summed E-state index contributed by atoms with van der Waals surface area (Å²) in [6.45, 7) is 1.73. The first-order valence-electron chi connectivity index (χ1n) is 24.9. The Morgan fingerprint density at radius 3 is 1.53 bits per heavy atom. The molecule has 1 aromatic heterocycles. The third-order valence-electron chi connectivity index (χ3n) is 12.8. The Kier molecular flexibility index (Phi) is 22.9. The minimum atomic E-state index is -2.01. The van der Waals surface area contributed by atoms with E-state index in [0.717, 1.165) is 9.80 Å². The van der Waals surface area contributed by atoms with E-state index in [1.54, 1.807) is 0 Å². The maximum Gasteiger partial charge on any atom is 0.305 e. The van der Waals surface area contributed by atoms with Crippen LogP contribution >= 0.6 is 0 Å². The van der Waals surface area contributed by atoms with Gasteiger partial charge in [-0.25, -0.2) is 4.98 Å². The lowest BCUT2D eigenvalue weighted by Gasteiger charge is -2.31. The van der Waals surface area contributed by atoms with E-state index in [1.165, 1.54) is 26.4 Å². The maximum absolute atomic E-state index is 14.5. The molecule has 0 saturated carbocycles. The highest BCUT2D eigenvalue weighted by molar-refractivity contribution is 6.00. The molecule has 0 radical (unpaired) electrons. The average molecular weight is 1100 g/mol. The zero-order valence-corrected chi connectivity index (χ0v) is 42.6. The number of rotatable bonds is 16. The van der Waals surface area contributed by atoms with Gasteiger partial charge in [0, 0.05) is 50.7 Å². The minimum absolute atomic E-state index is 0.0251. The summed E-state index contributed by atoms with van der Waals surface area (Å²) in [7, 11) is 0. The van der Waals surface area contributed by atoms with Crippen molar-refractivity contribution >= 4 is 88.9 Å². The van der Waals surface area contributed by atoms with Crippen molar-refractivity contribution in [1.29, 1.82) is 0 Å². The van der Waals surface area contributed by atoms with Gasteiger partial charge in [-0.3, -0.25) is 71.9 Å². The van der Waals surface area contributed by atoms with E-state index in [2.05, 4.69) is 52.5 Å². The molecule has 9 atom stereocenters. The monoisotopic (exact) mass is 1100 g/mol. The van der Waals surface area contributed by atoms with Crippen LogP contribution in [-0.4, -0.2) is 203 Å². The van der Waals surface area contributed by atoms with Gasteiger partial charge < -0.3 is 83.5 Å². The molecule has 428 valence electrons. The lowest BCUT2D eigenvalue weighted by atomic mass is 10.0. The lowest BCUT2D eigenvalue weighted by Crippen LogP contribution is -2.61. The zero-order valence-electron chi connectivity index (χ0n) is 42.6. The molecule has 1 aromatic rings. The van der Waals surface area contributed by atoms with Crippen LogP contribution < -0.4 is 48.3 Å². The Morgan fingerprint density at radius 2 is 1.01 bits per heavy atom. The standard InChI is InChI=1S/C46H65N13O19/c1-21(2)37-44(76)55-27(17-36(68)69)40(72)53-25(9-12-34(64)65)45(77)58-13-3-5-29(58)42(74)49-19-32(61)51-23(8-11-33(62)63)38(70)54-26(16-35(66)67)41(73)56-28(15-22-18-48-20-50-22)46(78)59-14-4-6-30(59)43(75)52-24(39(71)57-37)7-10-31(47)60/h18,20-21,23-30,37H,3-17,19H2,1-2H3,(H2,47,60)(H,48,50)(H,49,74)(H,51,61)(H,52,75)(H,53,72)(H,54,70)(H,55,76)(H,56,73)(H,57,71)(H,62,63)(H,64,65)(H,66,67)(H,68,69)/t23-,24+,25-,26-,27-,28-,29-,30-,37-/m0/s1. The van der Waals surface area contributed by atoms with Crippen molar-refractivity contribution in [1.82, 2.24) is 62.3 Å². The van der Waals surface area contributed by atoms with Crippen molar-refractivity contribution in [3.8, 4) is 0 Å². The van der Waals surface area contributed by atoms with Crippen molar-refractivity contribution in [3.63, 3.8) is 0 Å². The second-order valence-electron chi connectivity index (χ2n) is 19.1. The highest BCUT2D eigenvalue weighted by Gasteiger charge is 2.43. The highest BCUT2D eigenvalue weighted by Crippen LogP contribution is 2.22. The van der Waals surface area contributed by atoms with Crippen molar-refractivity contribution in [2.75, 3.05) is 19.6 Å². The number of imidazole rings is 1. The van der Waals surface area contributed by atoms with E-state index in [-0.39, 0.29) is 50.9 Å². The van der Waals surface area contributed by atoms with Crippen LogP contribution in [0.5, 0.6) is 0 Å². The number of aliphatic carboxylic acids is 4. The molecule has 0 bridgehead atoms. The van der Waals surface area contributed by atoms with Gasteiger partial charge in [-0.2, -0.15) is 0 Å². The fraction of sp³-hybridized carbons (Fsp3) is 0.609. The van der Waals surface area contributed by atoms with Gasteiger partial charge in [0.15, 0.2) is 0 Å². The molecule has 78 heavy (non-hydrogen) atoms. The molecule has 11 amide bonds. The second-order valence-corrected chi connectivity index (χ2v) is 19.1. The Labute approximate surface area is 443 Å². The van der Waals surface area contributed by atoms with Gasteiger partial charge in [0.25, 0.3) is 0 Å². The summed E-state index contributed by atoms with van der Waals surface area (Å²) in [5, 5.41) is 57.1. The smallest absolute Gasteiger partial charge is 0.305 e. The highest BCUT2D eigenvalue weighted by atomic mass is 16.4. The second kappa shape index (κ2) is 29.0. The molecule has 4 rings (SSSR count). The number of carboxylic acids is 4. The molecule has 0 spiro atoms. The lowest BCUT2D eigenvalue weighted by molar-refractivity contribution is -0.145. The van der Waals surface area contributed by atoms with E-state index in [9.17, 15) is 92.3 Å². The van der Waals surface area contributed by atoms with E-state index in [4.69, 9.17) is 5.73 Å². The Hall–Kier alpha value is -8.74. The van der Waals surface area contributed by atoms with Crippen LogP contribution in [0.4, 0.5) is 0 Å². The number of carbonyl (C=O) groups excluding carboxylic acids is 11. The summed E-state index contributed by atoms with van der Waals surface area (Å²) in [4.78, 5) is 208. The number of nitrogens with zero attached hydrogens (tertiary/aromatic N) is 3. The van der Waals surface area contributed by atoms with Crippen LogP contribution in [0.25, 0.3) is 0 Å². The first-order valence-corrected chi connectivity index (χ1v) is 24.9. The number of nitrogens with two attached hydrogens (primary N) is 1. The van der Waals surface area contributed by atoms with Crippen molar-refractivity contribution in [3.05, 3.63) is 18.2 Å². The number of carboxylic acid groups (broad SMARTS) is 4. The quantitative estimate of drug-likeness (QED) is 0.0733. The van der Waals surface area contributed by atoms with Crippen LogP contribution in [0.2, 0.25) is 0 Å². The largest absolute Gasteiger partial charge is 0.481 e. The minimum Gasteiger partial charge on any atom is -0.481 e. The molecule has 3 aliphatic rings. The first-order chi connectivity index (χ1) is 36.7. The summed E-state index contributed by atoms with van der Waals surface area (Å²) in [5.41, 5.74) is 5.64. The zero-order chi connectivity index (χ0) is 58.0. The molecule has 0 aromatic carbocycles. The Balaban J connectivity index is 1.80. The number of nitrogens with one attached hydrogen (secondary N) is 9. The topological polar surface area (TPSA) is 494 Å². The van der Waals surface area contributed by atoms with Crippen LogP contribution in [-0.2, 0) is 78.3 Å². The molecule has 4 heterocycles. The van der Waals surface area contributed by atoms with Crippen LogP contribution in [0.3, 0.4) is 0 Å². The van der Waals surface area contributed by atoms with Gasteiger partial charge in [0.2, 0.25) is 65.0 Å². The molecule has 15 N–H and O–H groups in total. The van der Waals surface area contributed by atoms with E-state index in [1.807, 2.05) is 0 Å². The Morgan fingerprint density at radius 1 is 0.564 bits per heavy atom. The van der Waals surface area contributed by atoms with E-state index >= 15 is 0 Å². The number of aromatic nitrogens is 2. The van der Waals surface area contributed by atoms with Gasteiger partial charge in [0.1, 0.15) is 54.4 Å². The number of hydrogen-bond donors (Lipinski definition) is 14. The van der Waals surface area contributed by atoms with E-state index < -0.39 is 207 Å². The summed E-state index contributed by atoms with van der Waals surface area (Å²) >= 11 is 0. The number of fused-ring (bicyclic) bond motifs is 2. The molecular weight excluding hydrogens is 1040 g/mol. The number of hydrogen-bond acceptors (Lipinski definition) is 16. The SMILES string of the molecule is CC(C)[C@@H]1NC(=O)[C@@H](CCC(N)=O)NC(=O)[C@@H]2CCCN2C(=O)[C@H](Cc2cnc[nH]2)NC(=O)[C@H](CC(=O)O)NC(=O)[C@H](CCC(=O)O)NC(=O)CNC(=O)[C@@H]2CCCN2C(=O)[C@H](CCC(=O)O)NC(=O)[C@H](CC(=O)O)NC1=O. The summed E-state index contributed by atoms with van der Waals surface area (Å²) in [6.07, 6.45) is -3.50. The van der Waals surface area contributed by atoms with Crippen LogP contribution in [0.15, 0.2) is 12.5 Å². The van der Waals surface area contributed by atoms with Gasteiger partial charge in [-0.15, -0.1) is 0 Å². The summed E-state index contributed by atoms with van der Waals surface area (Å²) in [6, 6.07) is -15.2. The molecular formula is C46H65N13O19. The first kappa shape index (κ1) is 61.8. The number of aromatic amines is 1. The molecule has 32 heteroatoms. The molecule has 3 fully saturated rings. The predicted molar refractivity (Wildman–Crippen MR) is 260 cm³/mol. The van der Waals surface area contributed by atoms with Crippen molar-refractivity contribution in [2.24, 2.45) is 11.7 Å². The molecule has 3 aliphatic heterocycles. The summed E-state index contributed by atoms with van der Waals surface area (Å²) < 4.78 is 0. The predicted octanol–water partition coefficient (Wildman–Crippen LogP) is -5.94. The molecule has 3 saturated heterocycles. The number of primary amides is 1.